The van der Waals surface area contributed by atoms with E-state index in [4.69, 9.17) is 0 Å². The van der Waals surface area contributed by atoms with Crippen molar-refractivity contribution >= 4 is 74.3 Å². The van der Waals surface area contributed by atoms with Crippen LogP contribution in [-0.2, 0) is 54.1 Å². The highest BCUT2D eigenvalue weighted by molar-refractivity contribution is 7.00. The van der Waals surface area contributed by atoms with E-state index in [2.05, 4.69) is 290 Å². The summed E-state index contributed by atoms with van der Waals surface area (Å²) in [5.74, 6) is 0. The monoisotopic (exact) mass is 1170 g/mol. The Hall–Kier alpha value is -6.00. The van der Waals surface area contributed by atoms with Crippen LogP contribution in [0.25, 0.3) is 0 Å². The van der Waals surface area contributed by atoms with E-state index in [1.54, 1.807) is 0 Å². The Morgan fingerprint density at radius 2 is 0.625 bits per heavy atom. The van der Waals surface area contributed by atoms with Crippen molar-refractivity contribution in [1.29, 1.82) is 0 Å². The van der Waals surface area contributed by atoms with Crippen LogP contribution in [0.1, 0.15) is 270 Å². The molecular formula is C84H106BN3. The van der Waals surface area contributed by atoms with Gasteiger partial charge in [-0.3, -0.25) is 0 Å². The third kappa shape index (κ3) is 9.44. The van der Waals surface area contributed by atoms with Crippen molar-refractivity contribution in [3.63, 3.8) is 0 Å². The van der Waals surface area contributed by atoms with E-state index in [-0.39, 0.29) is 60.9 Å². The number of hydrogen-bond acceptors (Lipinski definition) is 3. The maximum Gasteiger partial charge on any atom is 0.252 e. The SMILES string of the molecule is Cc1cc(C(C)(C)C)ccc1N(c1cc2c3c(c1)N(c1ccc4c(c1)C(C)(C)CCC4(C)C)c1cc4c(cc1B3c1cc3c(cc1N2c1ccc2c(c1)C(C)(C)CCC2(C)C)C(C)(C)CCC3(C)C)C(C)(C)CCC4(C)C)c1ccc(C(C)(C)C)cc1C. The molecule has 7 aromatic carbocycles. The number of anilines is 9. The molecule has 0 amide bonds. The van der Waals surface area contributed by atoms with E-state index in [1.807, 2.05) is 0 Å². The molecule has 0 aromatic heterocycles. The molecule has 0 radical (unpaired) electrons. The molecule has 2 aliphatic heterocycles. The van der Waals surface area contributed by atoms with Gasteiger partial charge < -0.3 is 14.7 Å². The van der Waals surface area contributed by atoms with E-state index in [9.17, 15) is 0 Å². The molecule has 0 saturated heterocycles. The molecule has 4 aliphatic carbocycles. The number of rotatable bonds is 5. The number of aryl methyl sites for hydroxylation is 2. The van der Waals surface area contributed by atoms with Gasteiger partial charge in [-0.05, 0) is 263 Å². The van der Waals surface area contributed by atoms with Crippen LogP contribution >= 0.6 is 0 Å². The fourth-order valence-corrected chi connectivity index (χ4v) is 17.4. The van der Waals surface area contributed by atoms with Crippen LogP contribution in [0.5, 0.6) is 0 Å². The summed E-state index contributed by atoms with van der Waals surface area (Å²) in [6.07, 6.45) is 9.31. The zero-order chi connectivity index (χ0) is 63.6. The van der Waals surface area contributed by atoms with Gasteiger partial charge in [-0.1, -0.05) is 201 Å². The van der Waals surface area contributed by atoms with Crippen molar-refractivity contribution in [2.75, 3.05) is 14.7 Å². The molecule has 0 spiro atoms. The summed E-state index contributed by atoms with van der Waals surface area (Å²) in [6, 6.07) is 46.3. The topological polar surface area (TPSA) is 9.72 Å². The van der Waals surface area contributed by atoms with Crippen LogP contribution in [0.2, 0.25) is 0 Å². The molecule has 2 heterocycles. The minimum atomic E-state index is -0.0381. The van der Waals surface area contributed by atoms with E-state index in [1.165, 1.54) is 147 Å². The van der Waals surface area contributed by atoms with Crippen LogP contribution in [-0.4, -0.2) is 6.71 Å². The predicted octanol–water partition coefficient (Wildman–Crippen LogP) is 21.8. The highest BCUT2D eigenvalue weighted by Crippen LogP contribution is 2.57. The number of benzene rings is 7. The minimum absolute atomic E-state index is 0.00423. The molecule has 4 heteroatoms. The van der Waals surface area contributed by atoms with Crippen LogP contribution in [0.15, 0.2) is 109 Å². The first-order chi connectivity index (χ1) is 40.6. The third-order valence-corrected chi connectivity index (χ3v) is 24.1. The number of fused-ring (bicyclic) bond motifs is 8. The van der Waals surface area contributed by atoms with E-state index < -0.39 is 0 Å². The first-order valence-corrected chi connectivity index (χ1v) is 34.1. The Kier molecular flexibility index (Phi) is 13.3. The van der Waals surface area contributed by atoms with Crippen molar-refractivity contribution in [3.8, 4) is 0 Å². The first-order valence-electron chi connectivity index (χ1n) is 34.1. The van der Waals surface area contributed by atoms with E-state index in [0.29, 0.717) is 0 Å². The number of hydrogen-bond donors (Lipinski definition) is 0. The van der Waals surface area contributed by atoms with Gasteiger partial charge >= 0.3 is 0 Å². The Bertz CT molecular complexity index is 3800. The molecular weight excluding hydrogens is 1060 g/mol. The highest BCUT2D eigenvalue weighted by Gasteiger charge is 2.50. The molecule has 0 N–H and O–H groups in total. The average Bonchev–Trinajstić information content (AvgIpc) is 0.686. The zero-order valence-electron chi connectivity index (χ0n) is 59.0. The van der Waals surface area contributed by atoms with E-state index >= 15 is 0 Å². The third-order valence-electron chi connectivity index (χ3n) is 24.1. The molecule has 13 rings (SSSR count). The Labute approximate surface area is 533 Å². The molecule has 3 nitrogen and oxygen atoms in total. The fourth-order valence-electron chi connectivity index (χ4n) is 17.4. The summed E-state index contributed by atoms with van der Waals surface area (Å²) in [7, 11) is 0. The molecule has 0 unspecified atom stereocenters. The fraction of sp³-hybridized carbons (Fsp3) is 0.500. The van der Waals surface area contributed by atoms with Gasteiger partial charge in [0.25, 0.3) is 6.71 Å². The molecule has 0 atom stereocenters. The lowest BCUT2D eigenvalue weighted by Gasteiger charge is -2.49. The van der Waals surface area contributed by atoms with Gasteiger partial charge in [0.15, 0.2) is 0 Å². The second-order valence-corrected chi connectivity index (χ2v) is 36.3. The summed E-state index contributed by atoms with van der Waals surface area (Å²) < 4.78 is 0. The van der Waals surface area contributed by atoms with Crippen LogP contribution in [0.4, 0.5) is 51.2 Å². The van der Waals surface area contributed by atoms with Crippen molar-refractivity contribution in [2.45, 2.75) is 272 Å². The van der Waals surface area contributed by atoms with Gasteiger partial charge in [-0.25, -0.2) is 0 Å². The highest BCUT2D eigenvalue weighted by atomic mass is 15.2. The quantitative estimate of drug-likeness (QED) is 0.159. The first kappa shape index (κ1) is 60.9. The maximum absolute atomic E-state index is 2.79. The summed E-state index contributed by atoms with van der Waals surface area (Å²) in [5, 5.41) is 0. The molecule has 7 aromatic rings. The van der Waals surface area contributed by atoms with Gasteiger partial charge in [-0.2, -0.15) is 0 Å². The summed E-state index contributed by atoms with van der Waals surface area (Å²) in [5.41, 5.74) is 33.0. The normalized spacial score (nSPS) is 20.8. The number of nitrogens with zero attached hydrogens (tertiary/aromatic N) is 3. The van der Waals surface area contributed by atoms with Crippen LogP contribution in [0, 0.1) is 13.8 Å². The molecule has 0 bridgehead atoms. The van der Waals surface area contributed by atoms with Crippen molar-refractivity contribution < 1.29 is 0 Å². The molecule has 88 heavy (non-hydrogen) atoms. The molecule has 460 valence electrons. The zero-order valence-corrected chi connectivity index (χ0v) is 59.0. The smallest absolute Gasteiger partial charge is 0.252 e. The average molecular weight is 1170 g/mol. The molecule has 6 aliphatic rings. The Morgan fingerprint density at radius 1 is 0.330 bits per heavy atom. The van der Waals surface area contributed by atoms with E-state index in [0.717, 1.165) is 38.5 Å². The predicted molar refractivity (Wildman–Crippen MR) is 383 cm³/mol. The summed E-state index contributed by atoms with van der Waals surface area (Å²) >= 11 is 0. The molecule has 0 fully saturated rings. The lowest BCUT2D eigenvalue weighted by atomic mass is 9.32. The Balaban J connectivity index is 1.23. The van der Waals surface area contributed by atoms with Crippen molar-refractivity contribution in [2.24, 2.45) is 0 Å². The summed E-state index contributed by atoms with van der Waals surface area (Å²) in [6.45, 7) is 58.9. The standard InChI is InChI=1S/C84H106BN3/c1-51-41-53(75(3,4)5)25-31-68(51)88(69-32-26-54(42-52(69)2)76(6,7)8)57-45-72-74-73(46-57)87(56-28-30-59-61(44-56)80(15,16)36-34-78(59,11)12)71-50-65-63(82(19,20)38-40-84(65,23)24)48-67(71)85(74)66-47-62-64(83(21,22)39-37-81(62,17)18)49-70(66)86(72)55-27-29-58-60(43-55)79(13,14)35-33-77(58,9)10/h25-32,41-50H,33-40H2,1-24H3. The minimum Gasteiger partial charge on any atom is -0.311 e. The van der Waals surface area contributed by atoms with Gasteiger partial charge in [0.2, 0.25) is 0 Å². The van der Waals surface area contributed by atoms with Crippen molar-refractivity contribution in [3.05, 3.63) is 176 Å². The van der Waals surface area contributed by atoms with Crippen molar-refractivity contribution in [1.82, 2.24) is 0 Å². The van der Waals surface area contributed by atoms with Crippen LogP contribution in [0.3, 0.4) is 0 Å². The molecule has 0 saturated carbocycles. The second kappa shape index (κ2) is 19.3. The van der Waals surface area contributed by atoms with Gasteiger partial charge in [-0.15, -0.1) is 0 Å². The second-order valence-electron chi connectivity index (χ2n) is 36.3. The maximum atomic E-state index is 2.79. The summed E-state index contributed by atoms with van der Waals surface area (Å²) in [4.78, 5) is 8.24. The van der Waals surface area contributed by atoms with Gasteiger partial charge in [0, 0.05) is 45.5 Å². The van der Waals surface area contributed by atoms with Gasteiger partial charge in [0.05, 0.1) is 5.69 Å². The lowest BCUT2D eigenvalue weighted by molar-refractivity contribution is 0.332. The lowest BCUT2D eigenvalue weighted by Crippen LogP contribution is -2.62. The largest absolute Gasteiger partial charge is 0.311 e. The van der Waals surface area contributed by atoms with Crippen LogP contribution < -0.4 is 31.1 Å². The van der Waals surface area contributed by atoms with Gasteiger partial charge in [0.1, 0.15) is 0 Å². The Morgan fingerprint density at radius 3 is 0.932 bits per heavy atom.